The van der Waals surface area contributed by atoms with Crippen molar-refractivity contribution in [3.8, 4) is 5.75 Å². The minimum atomic E-state index is 0. The van der Waals surface area contributed by atoms with Gasteiger partial charge in [0.25, 0.3) is 0 Å². The molecule has 0 aliphatic carbocycles. The number of anilines is 2. The molecule has 0 aromatic carbocycles. The highest BCUT2D eigenvalue weighted by molar-refractivity contribution is 7.59. The van der Waals surface area contributed by atoms with Crippen LogP contribution in [0.15, 0.2) is 12.3 Å². The molecule has 8 nitrogen and oxygen atoms in total. The SMILES string of the molecule is CCCC[C@@H](CCO)Nc1nc(N)ncc1OCc1cc(C)nn1C.S. The standard InChI is InChI=1S/C17H28N6O2.H2S/c1-4-5-6-13(7-8-24)20-16-15(10-19-17(18)21-16)25-11-14-9-12(2)22-23(14)3;/h9-10,13,24H,4-8,11H2,1-3H3,(H3,18,19,20,21);1H2/t13-;/m0./s1. The smallest absolute Gasteiger partial charge is 0.222 e. The van der Waals surface area contributed by atoms with Crippen molar-refractivity contribution in [1.29, 1.82) is 0 Å². The van der Waals surface area contributed by atoms with Gasteiger partial charge in [-0.1, -0.05) is 19.8 Å². The molecule has 0 amide bonds. The lowest BCUT2D eigenvalue weighted by Gasteiger charge is -2.20. The van der Waals surface area contributed by atoms with Crippen LogP contribution >= 0.6 is 13.5 Å². The number of ether oxygens (including phenoxy) is 1. The van der Waals surface area contributed by atoms with Crippen molar-refractivity contribution in [2.24, 2.45) is 7.05 Å². The van der Waals surface area contributed by atoms with Gasteiger partial charge in [0.1, 0.15) is 6.61 Å². The number of hydrogen-bond donors (Lipinski definition) is 3. The van der Waals surface area contributed by atoms with E-state index >= 15 is 0 Å². The van der Waals surface area contributed by atoms with Crippen molar-refractivity contribution >= 4 is 25.3 Å². The first-order chi connectivity index (χ1) is 12.0. The maximum atomic E-state index is 9.28. The van der Waals surface area contributed by atoms with E-state index in [4.69, 9.17) is 10.5 Å². The van der Waals surface area contributed by atoms with Crippen LogP contribution in [0.25, 0.3) is 0 Å². The Labute approximate surface area is 161 Å². The van der Waals surface area contributed by atoms with Crippen LogP contribution in [0.4, 0.5) is 11.8 Å². The molecule has 2 aromatic rings. The molecule has 2 aromatic heterocycles. The Hall–Kier alpha value is -2.00. The van der Waals surface area contributed by atoms with Crippen molar-refractivity contribution < 1.29 is 9.84 Å². The summed E-state index contributed by atoms with van der Waals surface area (Å²) in [6.45, 7) is 4.56. The van der Waals surface area contributed by atoms with Crippen molar-refractivity contribution in [2.75, 3.05) is 17.7 Å². The molecule has 0 saturated carbocycles. The Morgan fingerprint density at radius 2 is 2.15 bits per heavy atom. The highest BCUT2D eigenvalue weighted by Crippen LogP contribution is 2.25. The number of nitrogen functional groups attached to an aromatic ring is 1. The van der Waals surface area contributed by atoms with Crippen LogP contribution in [-0.2, 0) is 13.7 Å². The average Bonchev–Trinajstić information content (AvgIpc) is 2.89. The molecule has 4 N–H and O–H groups in total. The third-order valence-corrected chi connectivity index (χ3v) is 3.97. The van der Waals surface area contributed by atoms with Crippen LogP contribution in [0.5, 0.6) is 5.75 Å². The lowest BCUT2D eigenvalue weighted by Crippen LogP contribution is -2.22. The minimum absolute atomic E-state index is 0. The number of aromatic nitrogens is 4. The predicted molar refractivity (Wildman–Crippen MR) is 108 cm³/mol. The first kappa shape index (κ1) is 22.0. The molecule has 0 fully saturated rings. The van der Waals surface area contributed by atoms with E-state index in [0.717, 1.165) is 30.7 Å². The molecule has 0 aliphatic rings. The number of rotatable bonds is 10. The van der Waals surface area contributed by atoms with Crippen LogP contribution < -0.4 is 15.8 Å². The zero-order valence-corrected chi connectivity index (χ0v) is 16.7. The Morgan fingerprint density at radius 3 is 2.77 bits per heavy atom. The second kappa shape index (κ2) is 10.9. The maximum Gasteiger partial charge on any atom is 0.222 e. The zero-order chi connectivity index (χ0) is 18.2. The number of unbranched alkanes of at least 4 members (excludes halogenated alkanes) is 1. The van der Waals surface area contributed by atoms with Crippen LogP contribution in [0.2, 0.25) is 0 Å². The first-order valence-corrected chi connectivity index (χ1v) is 8.65. The second-order valence-electron chi connectivity index (χ2n) is 6.13. The molecule has 26 heavy (non-hydrogen) atoms. The molecular formula is C17H30N6O2S. The molecule has 0 saturated heterocycles. The summed E-state index contributed by atoms with van der Waals surface area (Å²) in [6, 6.07) is 2.08. The Balaban J connectivity index is 0.00000338. The molecule has 0 aliphatic heterocycles. The van der Waals surface area contributed by atoms with Crippen LogP contribution in [0, 0.1) is 6.92 Å². The summed E-state index contributed by atoms with van der Waals surface area (Å²) in [7, 11) is 1.88. The number of aliphatic hydroxyl groups excluding tert-OH is 1. The Morgan fingerprint density at radius 1 is 1.38 bits per heavy atom. The van der Waals surface area contributed by atoms with Crippen molar-refractivity contribution in [3.63, 3.8) is 0 Å². The van der Waals surface area contributed by atoms with Gasteiger partial charge in [0, 0.05) is 19.7 Å². The van der Waals surface area contributed by atoms with Crippen LogP contribution in [0.1, 0.15) is 44.0 Å². The summed E-state index contributed by atoms with van der Waals surface area (Å²) in [5.74, 6) is 1.28. The molecule has 0 unspecified atom stereocenters. The fraction of sp³-hybridized carbons (Fsp3) is 0.588. The number of nitrogens with one attached hydrogen (secondary N) is 1. The van der Waals surface area contributed by atoms with E-state index in [-0.39, 0.29) is 32.1 Å². The summed E-state index contributed by atoms with van der Waals surface area (Å²) in [5, 5.41) is 16.9. The first-order valence-electron chi connectivity index (χ1n) is 8.65. The van der Waals surface area contributed by atoms with Gasteiger partial charge in [-0.15, -0.1) is 0 Å². The summed E-state index contributed by atoms with van der Waals surface area (Å²) < 4.78 is 7.68. The second-order valence-corrected chi connectivity index (χ2v) is 6.13. The number of aliphatic hydroxyl groups is 1. The van der Waals surface area contributed by atoms with Gasteiger partial charge in [-0.3, -0.25) is 4.68 Å². The maximum absolute atomic E-state index is 9.28. The third-order valence-electron chi connectivity index (χ3n) is 3.97. The number of nitrogens with two attached hydrogens (primary N) is 1. The Bertz CT molecular complexity index is 679. The highest BCUT2D eigenvalue weighted by Gasteiger charge is 2.14. The van der Waals surface area contributed by atoms with Crippen molar-refractivity contribution in [2.45, 2.75) is 52.2 Å². The highest BCUT2D eigenvalue weighted by atomic mass is 32.1. The summed E-state index contributed by atoms with van der Waals surface area (Å²) in [6.07, 6.45) is 5.33. The van der Waals surface area contributed by atoms with E-state index in [9.17, 15) is 5.11 Å². The monoisotopic (exact) mass is 382 g/mol. The zero-order valence-electron chi connectivity index (χ0n) is 15.7. The fourth-order valence-electron chi connectivity index (χ4n) is 2.63. The lowest BCUT2D eigenvalue weighted by molar-refractivity contribution is 0.274. The summed E-state index contributed by atoms with van der Waals surface area (Å²) in [5.41, 5.74) is 7.63. The molecular weight excluding hydrogens is 352 g/mol. The fourth-order valence-corrected chi connectivity index (χ4v) is 2.63. The largest absolute Gasteiger partial charge is 0.482 e. The molecule has 2 rings (SSSR count). The molecule has 0 bridgehead atoms. The van der Waals surface area contributed by atoms with E-state index in [0.29, 0.717) is 24.6 Å². The van der Waals surface area contributed by atoms with Crippen molar-refractivity contribution in [1.82, 2.24) is 19.7 Å². The average molecular weight is 383 g/mol. The van der Waals surface area contributed by atoms with E-state index in [1.54, 1.807) is 10.9 Å². The van der Waals surface area contributed by atoms with Crippen LogP contribution in [-0.4, -0.2) is 37.5 Å². The normalized spacial score (nSPS) is 11.7. The van der Waals surface area contributed by atoms with Crippen molar-refractivity contribution in [3.05, 3.63) is 23.7 Å². The van der Waals surface area contributed by atoms with Gasteiger partial charge >= 0.3 is 0 Å². The molecule has 1 atom stereocenters. The number of hydrogen-bond acceptors (Lipinski definition) is 7. The van der Waals surface area contributed by atoms with Gasteiger partial charge in [0.15, 0.2) is 11.6 Å². The van der Waals surface area contributed by atoms with E-state index < -0.39 is 0 Å². The van der Waals surface area contributed by atoms with Gasteiger partial charge in [0.2, 0.25) is 5.95 Å². The molecule has 0 radical (unpaired) electrons. The predicted octanol–water partition coefficient (Wildman–Crippen LogP) is 2.15. The molecule has 146 valence electrons. The van der Waals surface area contributed by atoms with Gasteiger partial charge in [-0.25, -0.2) is 4.98 Å². The van der Waals surface area contributed by atoms with Gasteiger partial charge < -0.3 is 20.9 Å². The molecule has 9 heteroatoms. The van der Waals surface area contributed by atoms with Crippen LogP contribution in [0.3, 0.4) is 0 Å². The van der Waals surface area contributed by atoms with E-state index in [2.05, 4.69) is 27.3 Å². The number of nitrogens with zero attached hydrogens (tertiary/aromatic N) is 4. The van der Waals surface area contributed by atoms with Gasteiger partial charge in [-0.2, -0.15) is 23.6 Å². The topological polar surface area (TPSA) is 111 Å². The van der Waals surface area contributed by atoms with E-state index in [1.165, 1.54) is 0 Å². The Kier molecular flexibility index (Phi) is 9.22. The summed E-state index contributed by atoms with van der Waals surface area (Å²) in [4.78, 5) is 8.29. The van der Waals surface area contributed by atoms with Gasteiger partial charge in [0.05, 0.1) is 17.6 Å². The lowest BCUT2D eigenvalue weighted by atomic mass is 10.1. The minimum Gasteiger partial charge on any atom is -0.482 e. The third kappa shape index (κ3) is 6.38. The quantitative estimate of drug-likeness (QED) is 0.577. The summed E-state index contributed by atoms with van der Waals surface area (Å²) >= 11 is 0. The molecule has 2 heterocycles. The number of aryl methyl sites for hydroxylation is 2. The van der Waals surface area contributed by atoms with Gasteiger partial charge in [-0.05, 0) is 25.8 Å². The van der Waals surface area contributed by atoms with E-state index in [1.807, 2.05) is 20.0 Å². The molecule has 0 spiro atoms.